The van der Waals surface area contributed by atoms with Crippen molar-refractivity contribution >= 4 is 21.4 Å². The van der Waals surface area contributed by atoms with Gasteiger partial charge in [-0.25, -0.2) is 8.42 Å². The van der Waals surface area contributed by atoms with E-state index in [9.17, 15) is 8.42 Å². The Kier molecular flexibility index (Phi) is 5.78. The lowest BCUT2D eigenvalue weighted by molar-refractivity contribution is 0.369. The molecule has 6 heteroatoms. The summed E-state index contributed by atoms with van der Waals surface area (Å²) in [5, 5.41) is 3.02. The summed E-state index contributed by atoms with van der Waals surface area (Å²) in [6.07, 6.45) is 1.86. The lowest BCUT2D eigenvalue weighted by atomic mass is 10.2. The van der Waals surface area contributed by atoms with E-state index in [0.29, 0.717) is 10.8 Å². The molecule has 1 rings (SSSR count). The first-order valence-corrected chi connectivity index (χ1v) is 8.40. The molecule has 0 spiro atoms. The molecule has 0 fully saturated rings. The maximum atomic E-state index is 12.4. The Morgan fingerprint density at radius 3 is 2.67 bits per heavy atom. The second-order valence-electron chi connectivity index (χ2n) is 4.41. The van der Waals surface area contributed by atoms with Gasteiger partial charge in [-0.15, -0.1) is 11.3 Å². The average Bonchev–Trinajstić information content (AvgIpc) is 2.78. The van der Waals surface area contributed by atoms with Gasteiger partial charge in [0.15, 0.2) is 0 Å². The van der Waals surface area contributed by atoms with Crippen LogP contribution in [0.2, 0.25) is 0 Å². The number of hydrogen-bond donors (Lipinski definition) is 1. The number of thiophene rings is 1. The number of rotatable bonds is 7. The van der Waals surface area contributed by atoms with E-state index in [1.807, 2.05) is 20.0 Å². The minimum Gasteiger partial charge on any atom is -0.315 e. The quantitative estimate of drug-likeness (QED) is 0.838. The zero-order chi connectivity index (χ0) is 13.8. The average molecular weight is 290 g/mol. The van der Waals surface area contributed by atoms with Crippen LogP contribution >= 0.6 is 11.3 Å². The highest BCUT2D eigenvalue weighted by Crippen LogP contribution is 2.26. The van der Waals surface area contributed by atoms with Crippen LogP contribution in [-0.2, 0) is 16.6 Å². The normalized spacial score (nSPS) is 14.1. The summed E-state index contributed by atoms with van der Waals surface area (Å²) in [4.78, 5) is 1.03. The summed E-state index contributed by atoms with van der Waals surface area (Å²) in [6.45, 7) is 4.71. The monoisotopic (exact) mass is 290 g/mol. The van der Waals surface area contributed by atoms with E-state index in [1.165, 1.54) is 15.6 Å². The summed E-state index contributed by atoms with van der Waals surface area (Å²) in [6, 6.07) is 3.60. The molecule has 0 aliphatic rings. The lowest BCUT2D eigenvalue weighted by Gasteiger charge is -2.23. The smallest absolute Gasteiger partial charge is 0.252 e. The second-order valence-corrected chi connectivity index (χ2v) is 7.80. The topological polar surface area (TPSA) is 49.4 Å². The fourth-order valence-corrected chi connectivity index (χ4v) is 4.69. The van der Waals surface area contributed by atoms with Crippen molar-refractivity contribution in [2.75, 3.05) is 14.1 Å². The van der Waals surface area contributed by atoms with Crippen LogP contribution in [0.15, 0.2) is 16.3 Å². The standard InChI is InChI=1S/C12H22N2O2S2/c1-5-6-10(2)14(4)18(15,16)12-8-7-11(17-12)9-13-3/h7-8,10,13H,5-6,9H2,1-4H3. The molecule has 0 aliphatic carbocycles. The molecule has 1 N–H and O–H groups in total. The van der Waals surface area contributed by atoms with Gasteiger partial charge in [-0.1, -0.05) is 13.3 Å². The van der Waals surface area contributed by atoms with Crippen molar-refractivity contribution in [3.63, 3.8) is 0 Å². The van der Waals surface area contributed by atoms with Crippen molar-refractivity contribution in [2.45, 2.75) is 43.5 Å². The fraction of sp³-hybridized carbons (Fsp3) is 0.667. The molecule has 4 nitrogen and oxygen atoms in total. The molecular formula is C12H22N2O2S2. The van der Waals surface area contributed by atoms with Crippen LogP contribution in [0.1, 0.15) is 31.6 Å². The zero-order valence-electron chi connectivity index (χ0n) is 11.4. The molecule has 1 aromatic heterocycles. The van der Waals surface area contributed by atoms with Crippen molar-refractivity contribution in [3.8, 4) is 0 Å². The van der Waals surface area contributed by atoms with E-state index >= 15 is 0 Å². The summed E-state index contributed by atoms with van der Waals surface area (Å²) >= 11 is 1.34. The van der Waals surface area contributed by atoms with Gasteiger partial charge in [0.05, 0.1) is 0 Å². The molecule has 1 atom stereocenters. The van der Waals surface area contributed by atoms with Gasteiger partial charge in [-0.2, -0.15) is 4.31 Å². The van der Waals surface area contributed by atoms with Crippen molar-refractivity contribution in [3.05, 3.63) is 17.0 Å². The van der Waals surface area contributed by atoms with E-state index < -0.39 is 10.0 Å². The van der Waals surface area contributed by atoms with E-state index in [0.717, 1.165) is 17.7 Å². The molecule has 0 aromatic carbocycles. The first kappa shape index (κ1) is 15.6. The van der Waals surface area contributed by atoms with Crippen molar-refractivity contribution in [2.24, 2.45) is 0 Å². The van der Waals surface area contributed by atoms with Crippen LogP contribution in [0.5, 0.6) is 0 Å². The fourth-order valence-electron chi connectivity index (χ4n) is 1.74. The molecule has 0 amide bonds. The van der Waals surface area contributed by atoms with Gasteiger partial charge in [0, 0.05) is 24.5 Å². The predicted molar refractivity (Wildman–Crippen MR) is 76.4 cm³/mol. The Hall–Kier alpha value is -0.430. The third-order valence-electron chi connectivity index (χ3n) is 2.95. The van der Waals surface area contributed by atoms with Crippen molar-refractivity contribution < 1.29 is 8.42 Å². The van der Waals surface area contributed by atoms with Gasteiger partial charge >= 0.3 is 0 Å². The minimum atomic E-state index is -3.33. The highest BCUT2D eigenvalue weighted by atomic mass is 32.2. The predicted octanol–water partition coefficient (Wildman–Crippen LogP) is 2.28. The van der Waals surface area contributed by atoms with Crippen molar-refractivity contribution in [1.29, 1.82) is 0 Å². The third-order valence-corrected chi connectivity index (χ3v) is 6.47. The van der Waals surface area contributed by atoms with E-state index in [2.05, 4.69) is 12.2 Å². The molecule has 104 valence electrons. The van der Waals surface area contributed by atoms with Crippen LogP contribution < -0.4 is 5.32 Å². The van der Waals surface area contributed by atoms with Gasteiger partial charge in [-0.3, -0.25) is 0 Å². The van der Waals surface area contributed by atoms with E-state index in [1.54, 1.807) is 13.1 Å². The largest absolute Gasteiger partial charge is 0.315 e. The van der Waals surface area contributed by atoms with Crippen LogP contribution in [0.25, 0.3) is 0 Å². The Labute approximate surface area is 114 Å². The van der Waals surface area contributed by atoms with Gasteiger partial charge < -0.3 is 5.32 Å². The molecule has 0 bridgehead atoms. The Morgan fingerprint density at radius 1 is 1.44 bits per heavy atom. The number of hydrogen-bond acceptors (Lipinski definition) is 4. The summed E-state index contributed by atoms with van der Waals surface area (Å²) < 4.78 is 26.7. The molecule has 0 radical (unpaired) electrons. The van der Waals surface area contributed by atoms with Crippen LogP contribution in [0.3, 0.4) is 0 Å². The SMILES string of the molecule is CCCC(C)N(C)S(=O)(=O)c1ccc(CNC)s1. The second kappa shape index (κ2) is 6.65. The summed E-state index contributed by atoms with van der Waals surface area (Å²) in [5.41, 5.74) is 0. The molecule has 1 aromatic rings. The van der Waals surface area contributed by atoms with Crippen molar-refractivity contribution in [1.82, 2.24) is 9.62 Å². The molecule has 18 heavy (non-hydrogen) atoms. The third kappa shape index (κ3) is 3.54. The highest BCUT2D eigenvalue weighted by molar-refractivity contribution is 7.91. The van der Waals surface area contributed by atoms with Crippen LogP contribution in [0.4, 0.5) is 0 Å². The van der Waals surface area contributed by atoms with Gasteiger partial charge in [0.25, 0.3) is 10.0 Å². The van der Waals surface area contributed by atoms with Gasteiger partial charge in [-0.05, 0) is 32.5 Å². The maximum Gasteiger partial charge on any atom is 0.252 e. The summed E-state index contributed by atoms with van der Waals surface area (Å²) in [5.74, 6) is 0. The lowest BCUT2D eigenvalue weighted by Crippen LogP contribution is -2.34. The summed E-state index contributed by atoms with van der Waals surface area (Å²) in [7, 11) is 0.177. The van der Waals surface area contributed by atoms with Crippen LogP contribution in [-0.4, -0.2) is 32.9 Å². The van der Waals surface area contributed by atoms with Gasteiger partial charge in [0.2, 0.25) is 0 Å². The first-order chi connectivity index (χ1) is 8.43. The molecule has 1 heterocycles. The number of nitrogens with zero attached hydrogens (tertiary/aromatic N) is 1. The first-order valence-electron chi connectivity index (χ1n) is 6.14. The van der Waals surface area contributed by atoms with E-state index in [-0.39, 0.29) is 6.04 Å². The number of nitrogens with one attached hydrogen (secondary N) is 1. The molecule has 0 aliphatic heterocycles. The minimum absolute atomic E-state index is 0.0369. The van der Waals surface area contributed by atoms with Crippen LogP contribution in [0, 0.1) is 0 Å². The maximum absolute atomic E-state index is 12.4. The number of sulfonamides is 1. The van der Waals surface area contributed by atoms with E-state index in [4.69, 9.17) is 0 Å². The molecule has 0 saturated heterocycles. The Balaban J connectivity index is 2.90. The molecule has 0 saturated carbocycles. The van der Waals surface area contributed by atoms with Gasteiger partial charge in [0.1, 0.15) is 4.21 Å². The molecular weight excluding hydrogens is 268 g/mol. The Morgan fingerprint density at radius 2 is 2.11 bits per heavy atom. The molecule has 1 unspecified atom stereocenters. The highest BCUT2D eigenvalue weighted by Gasteiger charge is 2.26. The zero-order valence-corrected chi connectivity index (χ0v) is 13.1. The Bertz CT molecular complexity index is 468.